The van der Waals surface area contributed by atoms with Crippen LogP contribution >= 0.6 is 0 Å². The number of carbonyl (C=O) groups excluding carboxylic acids is 3. The summed E-state index contributed by atoms with van der Waals surface area (Å²) in [7, 11) is -3.73. The van der Waals surface area contributed by atoms with Crippen LogP contribution < -0.4 is 10.5 Å². The summed E-state index contributed by atoms with van der Waals surface area (Å²) in [5.41, 5.74) is 4.41. The van der Waals surface area contributed by atoms with E-state index >= 15 is 0 Å². The maximum Gasteiger partial charge on any atom is 0.435 e. The Morgan fingerprint density at radius 3 is 2.43 bits per heavy atom. The zero-order valence-corrected chi connectivity index (χ0v) is 16.4. The van der Waals surface area contributed by atoms with Gasteiger partial charge in [-0.25, -0.2) is 17.9 Å². The number of amides is 2. The Bertz CT molecular complexity index is 1090. The van der Waals surface area contributed by atoms with Crippen LogP contribution in [0.5, 0.6) is 0 Å². The number of nitrogens with two attached hydrogens (primary N) is 1. The Labute approximate surface area is 161 Å². The van der Waals surface area contributed by atoms with Crippen molar-refractivity contribution in [1.29, 1.82) is 0 Å². The monoisotopic (exact) mass is 408 g/mol. The molecule has 0 spiro atoms. The number of primary amides is 1. The normalized spacial score (nSPS) is 14.7. The summed E-state index contributed by atoms with van der Waals surface area (Å²) < 4.78 is 32.1. The predicted octanol–water partition coefficient (Wildman–Crippen LogP) is 1.14. The van der Waals surface area contributed by atoms with Gasteiger partial charge in [0.25, 0.3) is 11.8 Å². The number of hydrogen-bond donors (Lipinski definition) is 2. The molecule has 1 aromatic heterocycles. The van der Waals surface area contributed by atoms with Crippen LogP contribution in [0.2, 0.25) is 0 Å². The molecule has 1 aliphatic rings. The smallest absolute Gasteiger partial charge is 0.435 e. The molecule has 1 aliphatic carbocycles. The Morgan fingerprint density at radius 1 is 1.25 bits per heavy atom. The van der Waals surface area contributed by atoms with Crippen LogP contribution in [0.15, 0.2) is 18.2 Å². The van der Waals surface area contributed by atoms with Gasteiger partial charge < -0.3 is 10.5 Å². The molecule has 3 rings (SSSR count). The Hall–Kier alpha value is -2.95. The van der Waals surface area contributed by atoms with E-state index in [1.54, 1.807) is 20.8 Å². The third-order valence-electron chi connectivity index (χ3n) is 3.94. The van der Waals surface area contributed by atoms with Gasteiger partial charge in [-0.3, -0.25) is 9.59 Å². The van der Waals surface area contributed by atoms with Crippen molar-refractivity contribution in [3.05, 3.63) is 29.5 Å². The molecule has 1 fully saturated rings. The number of rotatable bonds is 4. The van der Waals surface area contributed by atoms with Crippen LogP contribution in [0, 0.1) is 0 Å². The highest BCUT2D eigenvalue weighted by molar-refractivity contribution is 7.91. The summed E-state index contributed by atoms with van der Waals surface area (Å²) in [4.78, 5) is 36.5. The number of fused-ring (bicyclic) bond motifs is 1. The number of sulfonamides is 1. The van der Waals surface area contributed by atoms with Crippen LogP contribution in [0.25, 0.3) is 10.9 Å². The molecule has 0 radical (unpaired) electrons. The lowest BCUT2D eigenvalue weighted by atomic mass is 10.1. The number of nitrogens with zero attached hydrogens (tertiary/aromatic N) is 2. The predicted molar refractivity (Wildman–Crippen MR) is 99.3 cm³/mol. The van der Waals surface area contributed by atoms with Gasteiger partial charge in [-0.2, -0.15) is 9.78 Å². The maximum atomic E-state index is 12.4. The standard InChI is InChI=1S/C17H20N4O6S/c1-17(2,3)27-16(24)21-12-8-9(4-7-11(12)13(19-21)14(18)22)15(23)20-28(25,26)10-5-6-10/h4,7-8,10H,5-6H2,1-3H3,(H2,18,22)(H,20,23). The van der Waals surface area contributed by atoms with Crippen molar-refractivity contribution >= 4 is 38.8 Å². The van der Waals surface area contributed by atoms with E-state index in [-0.39, 0.29) is 22.2 Å². The second kappa shape index (κ2) is 6.59. The quantitative estimate of drug-likeness (QED) is 0.770. The van der Waals surface area contributed by atoms with Crippen molar-refractivity contribution in [1.82, 2.24) is 14.5 Å². The molecular formula is C17H20N4O6S. The molecule has 0 saturated heterocycles. The van der Waals surface area contributed by atoms with Crippen LogP contribution in [0.4, 0.5) is 4.79 Å². The van der Waals surface area contributed by atoms with Gasteiger partial charge in [-0.15, -0.1) is 0 Å². The van der Waals surface area contributed by atoms with Crippen LogP contribution in [-0.4, -0.2) is 47.0 Å². The molecule has 2 amide bonds. The van der Waals surface area contributed by atoms with Gasteiger partial charge in [0.15, 0.2) is 5.69 Å². The summed E-state index contributed by atoms with van der Waals surface area (Å²) in [5, 5.41) is 3.58. The number of hydrogen-bond acceptors (Lipinski definition) is 7. The fourth-order valence-corrected chi connectivity index (χ4v) is 3.83. The van der Waals surface area contributed by atoms with Crippen molar-refractivity contribution in [2.45, 2.75) is 44.5 Å². The molecule has 28 heavy (non-hydrogen) atoms. The lowest BCUT2D eigenvalue weighted by molar-refractivity contribution is 0.0522. The molecule has 10 nitrogen and oxygen atoms in total. The Morgan fingerprint density at radius 2 is 1.89 bits per heavy atom. The van der Waals surface area contributed by atoms with Gasteiger partial charge in [-0.05, 0) is 51.8 Å². The minimum absolute atomic E-state index is 0.0162. The van der Waals surface area contributed by atoms with E-state index < -0.39 is 38.8 Å². The largest absolute Gasteiger partial charge is 0.442 e. The minimum Gasteiger partial charge on any atom is -0.442 e. The van der Waals surface area contributed by atoms with E-state index in [0.717, 1.165) is 4.68 Å². The van der Waals surface area contributed by atoms with Gasteiger partial charge in [-0.1, -0.05) is 0 Å². The fraction of sp³-hybridized carbons (Fsp3) is 0.412. The Kier molecular flexibility index (Phi) is 4.66. The average Bonchev–Trinajstić information content (AvgIpc) is 3.33. The number of carbonyl (C=O) groups is 3. The SMILES string of the molecule is CC(C)(C)OC(=O)n1nc(C(N)=O)c2ccc(C(=O)NS(=O)(=O)C3CC3)cc21. The lowest BCUT2D eigenvalue weighted by Gasteiger charge is -2.19. The van der Waals surface area contributed by atoms with E-state index in [0.29, 0.717) is 12.8 Å². The average molecular weight is 408 g/mol. The molecule has 1 aromatic carbocycles. The van der Waals surface area contributed by atoms with Crippen molar-refractivity contribution < 1.29 is 27.5 Å². The highest BCUT2D eigenvalue weighted by atomic mass is 32.2. The van der Waals surface area contributed by atoms with Crippen LogP contribution in [0.1, 0.15) is 54.5 Å². The molecule has 2 aromatic rings. The number of nitrogens with one attached hydrogen (secondary N) is 1. The molecule has 0 aliphatic heterocycles. The van der Waals surface area contributed by atoms with Gasteiger partial charge in [0.05, 0.1) is 10.8 Å². The molecule has 1 saturated carbocycles. The van der Waals surface area contributed by atoms with Crippen LogP contribution in [0.3, 0.4) is 0 Å². The van der Waals surface area contributed by atoms with Gasteiger partial charge in [0, 0.05) is 10.9 Å². The summed E-state index contributed by atoms with van der Waals surface area (Å²) in [5.74, 6) is -1.70. The second-order valence-corrected chi connectivity index (χ2v) is 9.47. The fourth-order valence-electron chi connectivity index (χ4n) is 2.53. The molecule has 150 valence electrons. The lowest BCUT2D eigenvalue weighted by Crippen LogP contribution is -2.33. The highest BCUT2D eigenvalue weighted by Crippen LogP contribution is 2.28. The van der Waals surface area contributed by atoms with Crippen molar-refractivity contribution in [3.63, 3.8) is 0 Å². The molecule has 1 heterocycles. The molecular weight excluding hydrogens is 388 g/mol. The second-order valence-electron chi connectivity index (χ2n) is 7.51. The van der Waals surface area contributed by atoms with Crippen molar-refractivity contribution in [2.24, 2.45) is 5.73 Å². The molecule has 11 heteroatoms. The molecule has 0 unspecified atom stereocenters. The number of benzene rings is 1. The van der Waals surface area contributed by atoms with E-state index in [1.165, 1.54) is 18.2 Å². The van der Waals surface area contributed by atoms with E-state index in [4.69, 9.17) is 10.5 Å². The third-order valence-corrected chi connectivity index (χ3v) is 5.76. The zero-order chi connectivity index (χ0) is 20.9. The van der Waals surface area contributed by atoms with Gasteiger partial charge in [0.1, 0.15) is 5.60 Å². The van der Waals surface area contributed by atoms with Crippen molar-refractivity contribution in [3.8, 4) is 0 Å². The van der Waals surface area contributed by atoms with Crippen LogP contribution in [-0.2, 0) is 14.8 Å². The minimum atomic E-state index is -3.73. The zero-order valence-electron chi connectivity index (χ0n) is 15.6. The maximum absolute atomic E-state index is 12.4. The topological polar surface area (TPSA) is 150 Å². The van der Waals surface area contributed by atoms with Crippen molar-refractivity contribution in [2.75, 3.05) is 0 Å². The first-order valence-corrected chi connectivity index (χ1v) is 10.1. The first-order valence-electron chi connectivity index (χ1n) is 8.51. The third kappa shape index (κ3) is 3.98. The summed E-state index contributed by atoms with van der Waals surface area (Å²) in [6.07, 6.45) is 0.150. The first kappa shape index (κ1) is 19.8. The van der Waals surface area contributed by atoms with E-state index in [2.05, 4.69) is 5.10 Å². The summed E-state index contributed by atoms with van der Waals surface area (Å²) in [6, 6.07) is 3.96. The molecule has 0 bridgehead atoms. The highest BCUT2D eigenvalue weighted by Gasteiger charge is 2.37. The Balaban J connectivity index is 2.03. The van der Waals surface area contributed by atoms with E-state index in [9.17, 15) is 22.8 Å². The van der Waals surface area contributed by atoms with E-state index in [1.807, 2.05) is 4.72 Å². The number of ether oxygens (including phenoxy) is 1. The van der Waals surface area contributed by atoms with Gasteiger partial charge >= 0.3 is 6.09 Å². The summed E-state index contributed by atoms with van der Waals surface area (Å²) in [6.45, 7) is 4.98. The van der Waals surface area contributed by atoms with Gasteiger partial charge in [0.2, 0.25) is 10.0 Å². The first-order chi connectivity index (χ1) is 12.9. The molecule has 3 N–H and O–H groups in total. The number of aromatic nitrogens is 2. The summed E-state index contributed by atoms with van der Waals surface area (Å²) >= 11 is 0. The molecule has 0 atom stereocenters.